The highest BCUT2D eigenvalue weighted by Crippen LogP contribution is 2.36. The Kier molecular flexibility index (Phi) is 8.77. The van der Waals surface area contributed by atoms with Crippen LogP contribution in [-0.4, -0.2) is 21.4 Å². The molecule has 0 atom stereocenters. The van der Waals surface area contributed by atoms with Gasteiger partial charge < -0.3 is 14.2 Å². The fraction of sp³-hybridized carbons (Fsp3) is 0.143. The number of halogens is 1. The molecule has 0 heterocycles. The molecular formula is C28H25ClN2O5S. The van der Waals surface area contributed by atoms with Gasteiger partial charge in [-0.05, 0) is 79.9 Å². The zero-order valence-electron chi connectivity index (χ0n) is 20.5. The number of carbonyl (C=O) groups excluding carboxylic acids is 1. The van der Waals surface area contributed by atoms with Gasteiger partial charge in [0.25, 0.3) is 5.91 Å². The molecule has 0 unspecified atom stereocenters. The zero-order valence-corrected chi connectivity index (χ0v) is 22.1. The van der Waals surface area contributed by atoms with E-state index in [0.29, 0.717) is 21.8 Å². The number of allylic oxidation sites excluding steroid dienone is 1. The molecule has 0 aliphatic heterocycles. The van der Waals surface area contributed by atoms with Crippen molar-refractivity contribution in [2.45, 2.75) is 25.2 Å². The third-order valence-electron chi connectivity index (χ3n) is 5.34. The number of methoxy groups -OCH3 is 1. The van der Waals surface area contributed by atoms with Crippen LogP contribution in [0.4, 0.5) is 5.69 Å². The third kappa shape index (κ3) is 6.79. The molecule has 0 saturated heterocycles. The van der Waals surface area contributed by atoms with Crippen molar-refractivity contribution in [1.82, 2.24) is 0 Å². The molecule has 0 spiro atoms. The van der Waals surface area contributed by atoms with Crippen LogP contribution >= 0.6 is 11.6 Å². The number of rotatable bonds is 9. The van der Waals surface area contributed by atoms with Gasteiger partial charge in [0, 0.05) is 16.3 Å². The van der Waals surface area contributed by atoms with E-state index in [1.165, 1.54) is 43.5 Å². The molecular weight excluding hydrogens is 512 g/mol. The Morgan fingerprint density at radius 2 is 1.84 bits per heavy atom. The molecule has 190 valence electrons. The maximum absolute atomic E-state index is 12.9. The standard InChI is InChI=1S/C28H25ClN2O5S/c1-5-6-21-14-20(15-22(17-30)28(32)31-25-12-7-18(2)13-19(25)3)16-26(35-4)27(21)36-37(33,34)24-10-8-23(29)9-11-24/h5,7-16H,1,6H2,2-4H3,(H,31,32)/b22-15+. The number of nitrogens with one attached hydrogen (secondary N) is 1. The van der Waals surface area contributed by atoms with Crippen molar-refractivity contribution in [3.05, 3.63) is 100 Å². The molecule has 3 aromatic rings. The van der Waals surface area contributed by atoms with Crippen molar-refractivity contribution in [3.63, 3.8) is 0 Å². The summed E-state index contributed by atoms with van der Waals surface area (Å²) in [5.74, 6) is -0.493. The summed E-state index contributed by atoms with van der Waals surface area (Å²) in [5.41, 5.74) is 3.24. The number of carbonyl (C=O) groups is 1. The molecule has 7 nitrogen and oxygen atoms in total. The fourth-order valence-electron chi connectivity index (χ4n) is 3.54. The maximum Gasteiger partial charge on any atom is 0.339 e. The Morgan fingerprint density at radius 3 is 2.43 bits per heavy atom. The molecule has 0 aliphatic rings. The molecule has 0 aliphatic carbocycles. The predicted molar refractivity (Wildman–Crippen MR) is 144 cm³/mol. The summed E-state index contributed by atoms with van der Waals surface area (Å²) in [7, 11) is -2.84. The van der Waals surface area contributed by atoms with Gasteiger partial charge in [-0.2, -0.15) is 13.7 Å². The van der Waals surface area contributed by atoms with Crippen LogP contribution in [-0.2, 0) is 21.3 Å². The highest BCUT2D eigenvalue weighted by atomic mass is 35.5. The van der Waals surface area contributed by atoms with Gasteiger partial charge >= 0.3 is 10.1 Å². The number of amides is 1. The van der Waals surface area contributed by atoms with Crippen molar-refractivity contribution in [1.29, 1.82) is 5.26 Å². The van der Waals surface area contributed by atoms with Crippen LogP contribution in [0.2, 0.25) is 5.02 Å². The van der Waals surface area contributed by atoms with E-state index in [9.17, 15) is 18.5 Å². The molecule has 9 heteroatoms. The fourth-order valence-corrected chi connectivity index (χ4v) is 4.64. The van der Waals surface area contributed by atoms with Gasteiger partial charge in [0.2, 0.25) is 0 Å². The van der Waals surface area contributed by atoms with Gasteiger partial charge in [-0.1, -0.05) is 35.4 Å². The van der Waals surface area contributed by atoms with Gasteiger partial charge in [-0.15, -0.1) is 6.58 Å². The number of nitriles is 1. The van der Waals surface area contributed by atoms with Gasteiger partial charge in [0.1, 0.15) is 16.5 Å². The highest BCUT2D eigenvalue weighted by molar-refractivity contribution is 7.87. The van der Waals surface area contributed by atoms with Gasteiger partial charge in [0.05, 0.1) is 7.11 Å². The minimum atomic E-state index is -4.20. The van der Waals surface area contributed by atoms with Crippen LogP contribution < -0.4 is 14.2 Å². The van der Waals surface area contributed by atoms with Crippen LogP contribution in [0, 0.1) is 25.2 Å². The molecule has 3 rings (SSSR count). The molecule has 0 aromatic heterocycles. The molecule has 1 N–H and O–H groups in total. The Labute approximate surface area is 221 Å². The molecule has 0 bridgehead atoms. The molecule has 0 radical (unpaired) electrons. The lowest BCUT2D eigenvalue weighted by Crippen LogP contribution is -2.14. The molecule has 37 heavy (non-hydrogen) atoms. The summed E-state index contributed by atoms with van der Waals surface area (Å²) in [6, 6.07) is 16.1. The third-order valence-corrected chi connectivity index (χ3v) is 6.83. The van der Waals surface area contributed by atoms with Crippen molar-refractivity contribution in [2.24, 2.45) is 0 Å². The maximum atomic E-state index is 12.9. The second kappa shape index (κ2) is 11.8. The molecule has 1 amide bonds. The Bertz CT molecular complexity index is 1520. The van der Waals surface area contributed by atoms with Crippen LogP contribution in [0.15, 0.2) is 77.7 Å². The summed E-state index contributed by atoms with van der Waals surface area (Å²) < 4.78 is 36.7. The average Bonchev–Trinajstić information content (AvgIpc) is 2.85. The monoisotopic (exact) mass is 536 g/mol. The van der Waals surface area contributed by atoms with Crippen molar-refractivity contribution in [2.75, 3.05) is 12.4 Å². The van der Waals surface area contributed by atoms with Crippen LogP contribution in [0.5, 0.6) is 11.5 Å². The van der Waals surface area contributed by atoms with E-state index < -0.39 is 16.0 Å². The average molecular weight is 537 g/mol. The van der Waals surface area contributed by atoms with E-state index in [1.807, 2.05) is 32.0 Å². The van der Waals surface area contributed by atoms with Gasteiger partial charge in [-0.25, -0.2) is 0 Å². The van der Waals surface area contributed by atoms with Crippen molar-refractivity contribution >= 4 is 39.4 Å². The first-order valence-corrected chi connectivity index (χ1v) is 12.9. The largest absolute Gasteiger partial charge is 0.493 e. The number of ether oxygens (including phenoxy) is 1. The van der Waals surface area contributed by atoms with Crippen LogP contribution in [0.25, 0.3) is 6.08 Å². The topological polar surface area (TPSA) is 105 Å². The number of aryl methyl sites for hydroxylation is 2. The van der Waals surface area contributed by atoms with E-state index in [0.717, 1.165) is 11.1 Å². The summed E-state index contributed by atoms with van der Waals surface area (Å²) in [5, 5.41) is 12.8. The minimum absolute atomic E-state index is 0.0206. The second-order valence-corrected chi connectivity index (χ2v) is 10.1. The normalized spacial score (nSPS) is 11.4. The van der Waals surface area contributed by atoms with E-state index in [2.05, 4.69) is 11.9 Å². The van der Waals surface area contributed by atoms with E-state index in [1.54, 1.807) is 18.2 Å². The van der Waals surface area contributed by atoms with Crippen molar-refractivity contribution < 1.29 is 22.1 Å². The Hall–Kier alpha value is -4.06. The van der Waals surface area contributed by atoms with E-state index in [-0.39, 0.29) is 28.4 Å². The molecule has 0 saturated carbocycles. The van der Waals surface area contributed by atoms with Crippen LogP contribution in [0.1, 0.15) is 22.3 Å². The highest BCUT2D eigenvalue weighted by Gasteiger charge is 2.23. The predicted octanol–water partition coefficient (Wildman–Crippen LogP) is 6.01. The number of nitrogens with zero attached hydrogens (tertiary/aromatic N) is 1. The van der Waals surface area contributed by atoms with Gasteiger partial charge in [0.15, 0.2) is 11.5 Å². The molecule has 0 fully saturated rings. The first-order chi connectivity index (χ1) is 17.6. The summed E-state index contributed by atoms with van der Waals surface area (Å²) in [6.45, 7) is 7.53. The smallest absolute Gasteiger partial charge is 0.339 e. The van der Waals surface area contributed by atoms with Crippen LogP contribution in [0.3, 0.4) is 0 Å². The molecule has 3 aromatic carbocycles. The zero-order chi connectivity index (χ0) is 27.2. The quantitative estimate of drug-likeness (QED) is 0.155. The summed E-state index contributed by atoms with van der Waals surface area (Å²) in [4.78, 5) is 12.7. The number of hydrogen-bond donors (Lipinski definition) is 1. The van der Waals surface area contributed by atoms with E-state index >= 15 is 0 Å². The Morgan fingerprint density at radius 1 is 1.14 bits per heavy atom. The lowest BCUT2D eigenvalue weighted by Gasteiger charge is -2.16. The number of anilines is 1. The lowest BCUT2D eigenvalue weighted by atomic mass is 10.0. The first-order valence-electron chi connectivity index (χ1n) is 11.1. The SMILES string of the molecule is C=CCc1cc(/C=C(\C#N)C(=O)Nc2ccc(C)cc2C)cc(OC)c1OS(=O)(=O)c1ccc(Cl)cc1. The van der Waals surface area contributed by atoms with E-state index in [4.69, 9.17) is 20.5 Å². The first kappa shape index (κ1) is 27.5. The summed E-state index contributed by atoms with van der Waals surface area (Å²) in [6.07, 6.45) is 3.20. The number of hydrogen-bond acceptors (Lipinski definition) is 6. The van der Waals surface area contributed by atoms with Crippen molar-refractivity contribution in [3.8, 4) is 17.6 Å². The Balaban J connectivity index is 1.99. The minimum Gasteiger partial charge on any atom is -0.493 e. The number of benzene rings is 3. The van der Waals surface area contributed by atoms with Gasteiger partial charge in [-0.3, -0.25) is 4.79 Å². The summed E-state index contributed by atoms with van der Waals surface area (Å²) >= 11 is 5.86. The lowest BCUT2D eigenvalue weighted by molar-refractivity contribution is -0.112. The second-order valence-electron chi connectivity index (χ2n) is 8.14.